The van der Waals surface area contributed by atoms with E-state index in [-0.39, 0.29) is 57.8 Å². The number of fused-ring (bicyclic) bond motifs is 1. The van der Waals surface area contributed by atoms with Crippen LogP contribution in [0, 0.1) is 17.9 Å². The second kappa shape index (κ2) is 16.7. The third kappa shape index (κ3) is 9.44. The largest absolute Gasteiger partial charge is 2.00 e. The van der Waals surface area contributed by atoms with Crippen LogP contribution in [0.3, 0.4) is 0 Å². The molecule has 0 bridgehead atoms. The summed E-state index contributed by atoms with van der Waals surface area (Å²) >= 11 is 0. The molecule has 3 N–H and O–H groups in total. The van der Waals surface area contributed by atoms with Gasteiger partial charge in [-0.15, -0.1) is 5.46 Å². The van der Waals surface area contributed by atoms with E-state index >= 15 is 0 Å². The van der Waals surface area contributed by atoms with Gasteiger partial charge in [-0.25, -0.2) is 9.10 Å². The Labute approximate surface area is 263 Å². The number of rotatable bonds is 14. The predicted octanol–water partition coefficient (Wildman–Crippen LogP) is 0.696. The molecule has 0 spiro atoms. The van der Waals surface area contributed by atoms with E-state index in [1.54, 1.807) is 4.31 Å². The molecule has 42 heavy (non-hydrogen) atoms. The molecule has 2 heterocycles. The Morgan fingerprint density at radius 2 is 2.00 bits per heavy atom. The Balaban J connectivity index is 0.00000484. The minimum atomic E-state index is -1.70. The van der Waals surface area contributed by atoms with Crippen LogP contribution >= 0.6 is 0 Å². The molecule has 11 nitrogen and oxygen atoms in total. The van der Waals surface area contributed by atoms with Gasteiger partial charge in [-0.05, 0) is 24.3 Å². The summed E-state index contributed by atoms with van der Waals surface area (Å²) in [5.41, 5.74) is 1.08. The number of benzene rings is 2. The van der Waals surface area contributed by atoms with Crippen molar-refractivity contribution in [3.05, 3.63) is 60.2 Å². The molecule has 1 amide bonds. The van der Waals surface area contributed by atoms with Gasteiger partial charge < -0.3 is 39.1 Å². The van der Waals surface area contributed by atoms with E-state index in [0.29, 0.717) is 24.5 Å². The summed E-state index contributed by atoms with van der Waals surface area (Å²) in [5, 5.41) is 24.0. The van der Waals surface area contributed by atoms with E-state index in [9.17, 15) is 23.9 Å². The van der Waals surface area contributed by atoms with Crippen molar-refractivity contribution < 1.29 is 63.9 Å². The summed E-state index contributed by atoms with van der Waals surface area (Å²) in [6.07, 6.45) is -1.49. The summed E-state index contributed by atoms with van der Waals surface area (Å²) in [5.74, 6) is 0.0943. The summed E-state index contributed by atoms with van der Waals surface area (Å²) in [4.78, 5) is 23.7. The van der Waals surface area contributed by atoms with Crippen LogP contribution in [-0.2, 0) is 62.1 Å². The maximum Gasteiger partial charge on any atom is 2.00 e. The molecule has 2 aromatic carbocycles. The molecule has 2 saturated heterocycles. The monoisotopic (exact) mass is 770 g/mol. The average Bonchev–Trinajstić information content (AvgIpc) is 3.58. The molecule has 4 rings (SSSR count). The van der Waals surface area contributed by atoms with Gasteiger partial charge in [0.2, 0.25) is 0 Å². The first kappa shape index (κ1) is 34.4. The van der Waals surface area contributed by atoms with Crippen molar-refractivity contribution in [3.8, 4) is 0 Å². The molecule has 6 atom stereocenters. The van der Waals surface area contributed by atoms with Gasteiger partial charge >= 0.3 is 34.3 Å². The van der Waals surface area contributed by atoms with E-state index in [1.165, 1.54) is 24.7 Å². The zero-order chi connectivity index (χ0) is 29.4. The smallest absolute Gasteiger partial charge is 0.702 e. The van der Waals surface area contributed by atoms with Gasteiger partial charge in [0.1, 0.15) is 6.10 Å². The molecule has 2 aliphatic rings. The van der Waals surface area contributed by atoms with Crippen LogP contribution in [-0.4, -0.2) is 89.2 Å². The molecule has 0 saturated carbocycles. The zero-order valence-corrected chi connectivity index (χ0v) is 27.2. The molecule has 0 aliphatic carbocycles. The van der Waals surface area contributed by atoms with Crippen molar-refractivity contribution >= 4 is 36.1 Å². The summed E-state index contributed by atoms with van der Waals surface area (Å²) in [6.45, 7) is 6.29. The van der Waals surface area contributed by atoms with Gasteiger partial charge in [-0.3, -0.25) is 4.21 Å². The van der Waals surface area contributed by atoms with Crippen LogP contribution in [0.15, 0.2) is 53.4 Å². The zero-order valence-electron chi connectivity index (χ0n) is 23.4. The van der Waals surface area contributed by atoms with E-state index in [1.807, 2.05) is 44.2 Å². The second-order valence-electron chi connectivity index (χ2n) is 10.5. The van der Waals surface area contributed by atoms with Gasteiger partial charge in [0, 0.05) is 13.1 Å². The Morgan fingerprint density at radius 1 is 1.24 bits per heavy atom. The first-order valence-electron chi connectivity index (χ1n) is 13.6. The number of alkyl carbamates (subject to hydrolysis) is 1. The minimum absolute atomic E-state index is 0. The third-order valence-electron chi connectivity index (χ3n) is 6.94. The standard InChI is InChI=1S/C28H35BN2O9S.W/c1-19(2)15-31(41(36)22-10-8-21(9-11-22)29(35)39-18-32)16-25(33)24(14-20-6-4-3-5-7-20)30-28(34)40-26-17-38-27-23(26)12-13-37-27;/h3-8,10-11,19,23-27,33,35H,12-17H2,1-2H3,(H,30,34);/q-2;+2. The Kier molecular flexibility index (Phi) is 13.6. The number of carbonyl (C=O) groups excluding carboxylic acids is 2. The fourth-order valence-electron chi connectivity index (χ4n) is 4.92. The number of ether oxygens (including phenoxy) is 3. The maximum absolute atomic E-state index is 13.6. The molecule has 0 aromatic heterocycles. The number of amides is 1. The molecule has 2 aromatic rings. The van der Waals surface area contributed by atoms with Crippen molar-refractivity contribution in [1.82, 2.24) is 9.62 Å². The van der Waals surface area contributed by atoms with Crippen LogP contribution in [0.25, 0.3) is 0 Å². The van der Waals surface area contributed by atoms with Gasteiger partial charge in [-0.2, -0.15) is 24.3 Å². The minimum Gasteiger partial charge on any atom is -0.702 e. The quantitative estimate of drug-likeness (QED) is 0.187. The molecule has 6 unspecified atom stereocenters. The van der Waals surface area contributed by atoms with E-state index in [0.717, 1.165) is 12.0 Å². The predicted molar refractivity (Wildman–Crippen MR) is 150 cm³/mol. The molecule has 14 heteroatoms. The van der Waals surface area contributed by atoms with Crippen molar-refractivity contribution in [2.75, 3.05) is 26.3 Å². The van der Waals surface area contributed by atoms with Gasteiger partial charge in [0.25, 0.3) is 0 Å². The number of hydrogen-bond donors (Lipinski definition) is 3. The normalized spacial score (nSPS) is 21.6. The van der Waals surface area contributed by atoms with E-state index in [2.05, 4.69) is 16.0 Å². The topological polar surface area (TPSA) is 144 Å². The van der Waals surface area contributed by atoms with Gasteiger partial charge in [-0.1, -0.05) is 55.5 Å². The fourth-order valence-corrected chi connectivity index (χ4v) is 6.28. The number of nitrogens with one attached hydrogen (secondary N) is 1. The van der Waals surface area contributed by atoms with Crippen molar-refractivity contribution in [3.63, 3.8) is 0 Å². The first-order valence-corrected chi connectivity index (χ1v) is 14.7. The second-order valence-corrected chi connectivity index (χ2v) is 12.0. The van der Waals surface area contributed by atoms with Crippen molar-refractivity contribution in [2.45, 2.75) is 56.1 Å². The molecular weight excluding hydrogens is 735 g/mol. The molecular formula is C28H35BN2O9SW. The first-order chi connectivity index (χ1) is 19.7. The number of hydrogen-bond acceptors (Lipinski definition) is 9. The Bertz CT molecular complexity index is 1160. The molecule has 226 valence electrons. The van der Waals surface area contributed by atoms with Crippen LogP contribution in [0.1, 0.15) is 25.8 Å². The SMILES string of the molecule is CC(C)CN(CC(O)C(Cc1ccccc1)NC(=O)OC1COC2OCCC12)S(=O)c1c[c-]c(B(O)O[C-]=O)cc1.[W+2]. The van der Waals surface area contributed by atoms with Gasteiger partial charge in [0.05, 0.1) is 42.3 Å². The van der Waals surface area contributed by atoms with E-state index < -0.39 is 42.4 Å². The average molecular weight is 770 g/mol. The molecule has 0 radical (unpaired) electrons. The Morgan fingerprint density at radius 3 is 2.67 bits per heavy atom. The summed E-state index contributed by atoms with van der Waals surface area (Å²) in [7, 11) is -3.23. The van der Waals surface area contributed by atoms with Gasteiger partial charge in [0.15, 0.2) is 6.29 Å². The number of aliphatic hydroxyl groups is 1. The summed E-state index contributed by atoms with van der Waals surface area (Å²) < 4.78 is 36.3. The maximum atomic E-state index is 13.6. The van der Waals surface area contributed by atoms with Crippen LogP contribution in [0.5, 0.6) is 0 Å². The van der Waals surface area contributed by atoms with Crippen molar-refractivity contribution in [2.24, 2.45) is 11.8 Å². The van der Waals surface area contributed by atoms with Crippen LogP contribution < -0.4 is 10.8 Å². The van der Waals surface area contributed by atoms with E-state index in [4.69, 9.17) is 14.2 Å². The third-order valence-corrected chi connectivity index (χ3v) is 8.36. The Hall–Kier alpha value is -2.12. The number of nitrogens with zero attached hydrogens (tertiary/aromatic N) is 1. The van der Waals surface area contributed by atoms with Crippen LogP contribution in [0.2, 0.25) is 0 Å². The molecule has 2 fully saturated rings. The van der Waals surface area contributed by atoms with Crippen LogP contribution in [0.4, 0.5) is 4.79 Å². The number of aliphatic hydroxyl groups excluding tert-OH is 1. The molecule has 2 aliphatic heterocycles. The summed E-state index contributed by atoms with van der Waals surface area (Å²) in [6, 6.07) is 15.9. The number of carbonyl (C=O) groups is 1. The fraction of sp³-hybridized carbons (Fsp3) is 0.500. The van der Waals surface area contributed by atoms with Crippen molar-refractivity contribution in [1.29, 1.82) is 0 Å².